The largest absolute Gasteiger partial charge is 0.476 e. The van der Waals surface area contributed by atoms with Gasteiger partial charge >= 0.3 is 5.97 Å². The zero-order valence-corrected chi connectivity index (χ0v) is 11.7. The molecule has 0 spiro atoms. The van der Waals surface area contributed by atoms with Gasteiger partial charge in [0.05, 0.1) is 5.52 Å². The van der Waals surface area contributed by atoms with Crippen LogP contribution in [-0.2, 0) is 0 Å². The average molecular weight is 282 g/mol. The van der Waals surface area contributed by atoms with Crippen LogP contribution in [0.3, 0.4) is 0 Å². The molecule has 0 atom stereocenters. The van der Waals surface area contributed by atoms with E-state index in [1.165, 1.54) is 11.6 Å². The molecule has 0 radical (unpaired) electrons. The Morgan fingerprint density at radius 2 is 2.10 bits per heavy atom. The number of hydrogen-bond donors (Lipinski definition) is 1. The Labute approximate surface area is 121 Å². The Bertz CT molecular complexity index is 851. The average Bonchev–Trinajstić information content (AvgIpc) is 3.05. The minimum absolute atomic E-state index is 0.0905. The van der Waals surface area contributed by atoms with Gasteiger partial charge in [0.15, 0.2) is 11.5 Å². The molecule has 0 saturated carbocycles. The number of allylic oxidation sites excluding steroid dienone is 1. The highest BCUT2D eigenvalue weighted by Crippen LogP contribution is 2.26. The Kier molecular flexibility index (Phi) is 3.10. The van der Waals surface area contributed by atoms with Gasteiger partial charge in [0.1, 0.15) is 0 Å². The van der Waals surface area contributed by atoms with Gasteiger partial charge in [-0.1, -0.05) is 10.7 Å². The fourth-order valence-electron chi connectivity index (χ4n) is 2.22. The van der Waals surface area contributed by atoms with Crippen LogP contribution in [0.1, 0.15) is 24.3 Å². The zero-order chi connectivity index (χ0) is 15.0. The molecule has 1 aromatic carbocycles. The lowest BCUT2D eigenvalue weighted by Gasteiger charge is -2.01. The first-order valence-electron chi connectivity index (χ1n) is 6.50. The van der Waals surface area contributed by atoms with Crippen LogP contribution in [-0.4, -0.2) is 20.8 Å². The number of carbonyl (C=O) groups is 1. The van der Waals surface area contributed by atoms with Gasteiger partial charge in [0, 0.05) is 29.4 Å². The molecule has 106 valence electrons. The van der Waals surface area contributed by atoms with Gasteiger partial charge in [0.25, 0.3) is 0 Å². The number of fused-ring (bicyclic) bond motifs is 1. The summed E-state index contributed by atoms with van der Waals surface area (Å²) in [6.07, 6.45) is 4.05. The van der Waals surface area contributed by atoms with Gasteiger partial charge < -0.3 is 14.2 Å². The van der Waals surface area contributed by atoms with Gasteiger partial charge in [-0.3, -0.25) is 0 Å². The van der Waals surface area contributed by atoms with Crippen LogP contribution in [0, 0.1) is 0 Å². The lowest BCUT2D eigenvalue weighted by Crippen LogP contribution is -1.94. The summed E-state index contributed by atoms with van der Waals surface area (Å²) >= 11 is 0. The summed E-state index contributed by atoms with van der Waals surface area (Å²) in [7, 11) is 0. The van der Waals surface area contributed by atoms with Crippen LogP contribution in [0.4, 0.5) is 0 Å². The third-order valence-corrected chi connectivity index (χ3v) is 3.13. The Morgan fingerprint density at radius 1 is 1.29 bits per heavy atom. The predicted octanol–water partition coefficient (Wildman–Crippen LogP) is 3.88. The van der Waals surface area contributed by atoms with Crippen LogP contribution in [0.15, 0.2) is 46.6 Å². The summed E-state index contributed by atoms with van der Waals surface area (Å²) in [6, 6.07) is 9.26. The van der Waals surface area contributed by atoms with E-state index < -0.39 is 5.97 Å². The van der Waals surface area contributed by atoms with Crippen molar-refractivity contribution in [2.45, 2.75) is 13.8 Å². The molecule has 2 aromatic heterocycles. The fourth-order valence-corrected chi connectivity index (χ4v) is 2.22. The Hall–Kier alpha value is -2.82. The summed E-state index contributed by atoms with van der Waals surface area (Å²) in [5.74, 6) is -0.648. The number of carboxylic acids is 1. The van der Waals surface area contributed by atoms with Gasteiger partial charge in [0.2, 0.25) is 0 Å². The second-order valence-corrected chi connectivity index (χ2v) is 5.08. The van der Waals surface area contributed by atoms with E-state index in [1.54, 1.807) is 0 Å². The SMILES string of the molecule is CC(C)=Cn1ccc2cc(-c3cc(C(=O)O)no3)ccc21. The molecular weight excluding hydrogens is 268 g/mol. The van der Waals surface area contributed by atoms with Crippen molar-refractivity contribution in [3.05, 3.63) is 47.8 Å². The number of aromatic carboxylic acids is 1. The maximum absolute atomic E-state index is 10.8. The number of aromatic nitrogens is 2. The molecule has 5 heteroatoms. The molecule has 3 aromatic rings. The van der Waals surface area contributed by atoms with Crippen LogP contribution in [0.5, 0.6) is 0 Å². The zero-order valence-electron chi connectivity index (χ0n) is 11.7. The van der Waals surface area contributed by atoms with E-state index >= 15 is 0 Å². The van der Waals surface area contributed by atoms with Crippen LogP contribution < -0.4 is 0 Å². The molecule has 2 heterocycles. The highest BCUT2D eigenvalue weighted by atomic mass is 16.5. The minimum Gasteiger partial charge on any atom is -0.476 e. The lowest BCUT2D eigenvalue weighted by atomic mass is 10.1. The standard InChI is InChI=1S/C16H14N2O3/c1-10(2)9-18-6-5-11-7-12(3-4-14(11)18)15-8-13(16(19)20)17-21-15/h3-9H,1-2H3,(H,19,20). The maximum Gasteiger partial charge on any atom is 0.358 e. The highest BCUT2D eigenvalue weighted by Gasteiger charge is 2.12. The number of hydrogen-bond acceptors (Lipinski definition) is 3. The normalized spacial score (nSPS) is 10.8. The topological polar surface area (TPSA) is 68.3 Å². The molecule has 0 unspecified atom stereocenters. The minimum atomic E-state index is -1.10. The second-order valence-electron chi connectivity index (χ2n) is 5.08. The first-order chi connectivity index (χ1) is 10.0. The van der Waals surface area contributed by atoms with Crippen molar-refractivity contribution in [3.63, 3.8) is 0 Å². The molecule has 0 bridgehead atoms. The van der Waals surface area contributed by atoms with E-state index in [-0.39, 0.29) is 5.69 Å². The lowest BCUT2D eigenvalue weighted by molar-refractivity contribution is 0.0686. The molecule has 0 amide bonds. The van der Waals surface area contributed by atoms with E-state index in [2.05, 4.69) is 15.9 Å². The predicted molar refractivity (Wildman–Crippen MR) is 80.0 cm³/mol. The molecule has 21 heavy (non-hydrogen) atoms. The quantitative estimate of drug-likeness (QED) is 0.791. The van der Waals surface area contributed by atoms with E-state index in [4.69, 9.17) is 9.63 Å². The molecule has 0 aliphatic rings. The molecule has 3 rings (SSSR count). The summed E-state index contributed by atoms with van der Waals surface area (Å²) < 4.78 is 7.14. The number of rotatable bonds is 3. The van der Waals surface area contributed by atoms with Crippen LogP contribution in [0.25, 0.3) is 28.4 Å². The number of benzene rings is 1. The maximum atomic E-state index is 10.8. The van der Waals surface area contributed by atoms with Gasteiger partial charge in [-0.2, -0.15) is 0 Å². The Balaban J connectivity index is 2.05. The molecule has 0 saturated heterocycles. The van der Waals surface area contributed by atoms with Gasteiger partial charge in [-0.05, 0) is 38.1 Å². The van der Waals surface area contributed by atoms with E-state index in [0.717, 1.165) is 16.5 Å². The number of carboxylic acid groups (broad SMARTS) is 1. The highest BCUT2D eigenvalue weighted by molar-refractivity contribution is 5.89. The summed E-state index contributed by atoms with van der Waals surface area (Å²) in [6.45, 7) is 4.09. The van der Waals surface area contributed by atoms with Crippen molar-refractivity contribution in [1.82, 2.24) is 9.72 Å². The summed E-state index contributed by atoms with van der Waals surface area (Å²) in [4.78, 5) is 10.8. The monoisotopic (exact) mass is 282 g/mol. The van der Waals surface area contributed by atoms with Crippen molar-refractivity contribution >= 4 is 23.1 Å². The van der Waals surface area contributed by atoms with Crippen molar-refractivity contribution in [3.8, 4) is 11.3 Å². The molecular formula is C16H14N2O3. The van der Waals surface area contributed by atoms with Gasteiger partial charge in [-0.25, -0.2) is 4.79 Å². The molecule has 5 nitrogen and oxygen atoms in total. The van der Waals surface area contributed by atoms with E-state index in [1.807, 2.05) is 44.3 Å². The van der Waals surface area contributed by atoms with Crippen molar-refractivity contribution in [1.29, 1.82) is 0 Å². The number of nitrogens with zero attached hydrogens (tertiary/aromatic N) is 2. The molecule has 0 fully saturated rings. The second kappa shape index (κ2) is 4.94. The van der Waals surface area contributed by atoms with Crippen molar-refractivity contribution in [2.24, 2.45) is 0 Å². The first kappa shape index (κ1) is 13.2. The smallest absolute Gasteiger partial charge is 0.358 e. The first-order valence-corrected chi connectivity index (χ1v) is 6.50. The van der Waals surface area contributed by atoms with Gasteiger partial charge in [-0.15, -0.1) is 0 Å². The van der Waals surface area contributed by atoms with Crippen molar-refractivity contribution < 1.29 is 14.4 Å². The van der Waals surface area contributed by atoms with Crippen molar-refractivity contribution in [2.75, 3.05) is 0 Å². The van der Waals surface area contributed by atoms with Crippen LogP contribution >= 0.6 is 0 Å². The fraction of sp³-hybridized carbons (Fsp3) is 0.125. The van der Waals surface area contributed by atoms with E-state index in [0.29, 0.717) is 5.76 Å². The van der Waals surface area contributed by atoms with E-state index in [9.17, 15) is 4.79 Å². The summed E-state index contributed by atoms with van der Waals surface area (Å²) in [5, 5.41) is 13.5. The Morgan fingerprint density at radius 3 is 2.76 bits per heavy atom. The molecule has 1 N–H and O–H groups in total. The third kappa shape index (κ3) is 2.45. The molecule has 0 aliphatic heterocycles. The molecule has 0 aliphatic carbocycles. The summed E-state index contributed by atoms with van der Waals surface area (Å²) in [5.41, 5.74) is 3.00. The third-order valence-electron chi connectivity index (χ3n) is 3.13. The van der Waals surface area contributed by atoms with Crippen LogP contribution in [0.2, 0.25) is 0 Å².